The van der Waals surface area contributed by atoms with Crippen molar-refractivity contribution in [1.82, 2.24) is 19.5 Å². The van der Waals surface area contributed by atoms with Gasteiger partial charge in [0.15, 0.2) is 5.65 Å². The number of nitrogens with two attached hydrogens (primary N) is 1. The molecular weight excluding hydrogens is 420 g/mol. The van der Waals surface area contributed by atoms with Crippen LogP contribution < -0.4 is 16.7 Å². The molecule has 9 nitrogen and oxygen atoms in total. The molecule has 4 aromatic rings. The molecule has 0 saturated heterocycles. The number of fused-ring (bicyclic) bond motifs is 1. The fourth-order valence-electron chi connectivity index (χ4n) is 3.80. The number of phenols is 2. The van der Waals surface area contributed by atoms with Gasteiger partial charge in [-0.3, -0.25) is 0 Å². The Kier molecular flexibility index (Phi) is 6.12. The molecule has 0 radical (unpaired) electrons. The second-order valence-electron chi connectivity index (χ2n) is 7.76. The predicted octanol–water partition coefficient (Wildman–Crippen LogP) is 3.82. The van der Waals surface area contributed by atoms with Gasteiger partial charge >= 0.3 is 5.69 Å². The number of nitrogens with zero attached hydrogens (tertiary/aromatic N) is 4. The van der Waals surface area contributed by atoms with Crippen LogP contribution in [0.1, 0.15) is 37.8 Å². The average Bonchev–Trinajstić information content (AvgIpc) is 2.79. The molecule has 33 heavy (non-hydrogen) atoms. The normalized spacial score (nSPS) is 11.1. The summed E-state index contributed by atoms with van der Waals surface area (Å²) in [7, 11) is 0. The summed E-state index contributed by atoms with van der Waals surface area (Å²) < 4.78 is 0.937. The van der Waals surface area contributed by atoms with E-state index >= 15 is 0 Å². The third-order valence-electron chi connectivity index (χ3n) is 5.54. The maximum absolute atomic E-state index is 12.7. The summed E-state index contributed by atoms with van der Waals surface area (Å²) in [5, 5.41) is 23.8. The topological polar surface area (TPSA) is 139 Å². The summed E-state index contributed by atoms with van der Waals surface area (Å²) >= 11 is 0. The predicted molar refractivity (Wildman–Crippen MR) is 128 cm³/mol. The second kappa shape index (κ2) is 9.15. The number of rotatable bonds is 7. The molecule has 0 aliphatic heterocycles. The van der Waals surface area contributed by atoms with Crippen LogP contribution in [-0.2, 0) is 12.8 Å². The van der Waals surface area contributed by atoms with Crippen LogP contribution >= 0.6 is 0 Å². The van der Waals surface area contributed by atoms with Gasteiger partial charge in [-0.05, 0) is 54.7 Å². The minimum atomic E-state index is -0.782. The third-order valence-corrected chi connectivity index (χ3v) is 5.54. The van der Waals surface area contributed by atoms with E-state index in [9.17, 15) is 15.0 Å². The quantitative estimate of drug-likeness (QED) is 0.336. The van der Waals surface area contributed by atoms with Crippen LogP contribution in [-0.4, -0.2) is 29.7 Å². The molecule has 0 spiro atoms. The van der Waals surface area contributed by atoms with E-state index in [0.717, 1.165) is 35.9 Å². The van der Waals surface area contributed by atoms with Gasteiger partial charge in [0.1, 0.15) is 23.0 Å². The fraction of sp³-hybridized carbons (Fsp3) is 0.250. The van der Waals surface area contributed by atoms with Crippen molar-refractivity contribution < 1.29 is 10.2 Å². The highest BCUT2D eigenvalue weighted by atomic mass is 16.3. The molecule has 9 heteroatoms. The van der Waals surface area contributed by atoms with Gasteiger partial charge in [-0.2, -0.15) is 9.97 Å². The first-order chi connectivity index (χ1) is 15.9. The van der Waals surface area contributed by atoms with E-state index < -0.39 is 5.69 Å². The fourth-order valence-corrected chi connectivity index (χ4v) is 3.80. The molecule has 2 heterocycles. The number of aromatic hydroxyl groups is 2. The summed E-state index contributed by atoms with van der Waals surface area (Å²) in [5.41, 5.74) is 8.81. The van der Waals surface area contributed by atoms with Crippen LogP contribution in [0.25, 0.3) is 16.7 Å². The minimum absolute atomic E-state index is 0.0399. The van der Waals surface area contributed by atoms with E-state index in [4.69, 9.17) is 5.73 Å². The van der Waals surface area contributed by atoms with Crippen LogP contribution in [0.2, 0.25) is 0 Å². The lowest BCUT2D eigenvalue weighted by Crippen LogP contribution is -2.25. The lowest BCUT2D eigenvalue weighted by Gasteiger charge is -2.14. The number of aromatic nitrogens is 4. The van der Waals surface area contributed by atoms with Crippen molar-refractivity contribution >= 4 is 28.5 Å². The van der Waals surface area contributed by atoms with Crippen LogP contribution in [0.3, 0.4) is 0 Å². The number of aryl methyl sites for hydroxylation is 2. The van der Waals surface area contributed by atoms with Gasteiger partial charge in [-0.15, -0.1) is 0 Å². The Morgan fingerprint density at radius 2 is 1.82 bits per heavy atom. The molecule has 0 unspecified atom stereocenters. The summed E-state index contributed by atoms with van der Waals surface area (Å²) in [5.74, 6) is -0.376. The van der Waals surface area contributed by atoms with Gasteiger partial charge < -0.3 is 21.3 Å². The number of hydrogen-bond acceptors (Lipinski definition) is 8. The SMILES string of the molecule is CCCCc1ccc(Nc2ncc3c(N)n(-c4c(O)cccc4O)c(=O)nc3n2)cc1CC. The van der Waals surface area contributed by atoms with E-state index in [1.54, 1.807) is 0 Å². The van der Waals surface area contributed by atoms with E-state index in [1.165, 1.54) is 35.5 Å². The van der Waals surface area contributed by atoms with Gasteiger partial charge in [0, 0.05) is 11.9 Å². The molecule has 4 rings (SSSR count). The molecule has 0 bridgehead atoms. The zero-order valence-electron chi connectivity index (χ0n) is 18.5. The largest absolute Gasteiger partial charge is 0.506 e. The highest BCUT2D eigenvalue weighted by molar-refractivity contribution is 5.86. The highest BCUT2D eigenvalue weighted by Crippen LogP contribution is 2.32. The lowest BCUT2D eigenvalue weighted by atomic mass is 9.99. The van der Waals surface area contributed by atoms with E-state index in [0.29, 0.717) is 5.39 Å². The van der Waals surface area contributed by atoms with Crippen LogP contribution in [0.4, 0.5) is 17.5 Å². The first-order valence-electron chi connectivity index (χ1n) is 10.9. The van der Waals surface area contributed by atoms with E-state index in [2.05, 4.69) is 46.2 Å². The summed E-state index contributed by atoms with van der Waals surface area (Å²) in [4.78, 5) is 25.4. The molecule has 0 amide bonds. The zero-order valence-corrected chi connectivity index (χ0v) is 18.5. The Labute approximate surface area is 190 Å². The van der Waals surface area contributed by atoms with Gasteiger partial charge in [0.05, 0.1) is 5.39 Å². The van der Waals surface area contributed by atoms with Crippen molar-refractivity contribution in [1.29, 1.82) is 0 Å². The van der Waals surface area contributed by atoms with Crippen molar-refractivity contribution in [2.45, 2.75) is 39.5 Å². The van der Waals surface area contributed by atoms with E-state index in [1.807, 2.05) is 6.07 Å². The first kappa shape index (κ1) is 22.1. The number of anilines is 3. The Hall–Kier alpha value is -4.14. The smallest absolute Gasteiger partial charge is 0.356 e. The molecule has 0 atom stereocenters. The highest BCUT2D eigenvalue weighted by Gasteiger charge is 2.18. The third kappa shape index (κ3) is 4.30. The molecule has 0 aliphatic rings. The summed E-state index contributed by atoms with van der Waals surface area (Å²) in [6.45, 7) is 4.31. The molecule has 170 valence electrons. The zero-order chi connectivity index (χ0) is 23.5. The maximum atomic E-state index is 12.7. The Balaban J connectivity index is 1.71. The Morgan fingerprint density at radius 3 is 2.52 bits per heavy atom. The number of hydrogen-bond donors (Lipinski definition) is 4. The second-order valence-corrected chi connectivity index (χ2v) is 7.76. The number of phenolic OH excluding ortho intramolecular Hbond substituents is 2. The summed E-state index contributed by atoms with van der Waals surface area (Å²) in [6.07, 6.45) is 5.72. The van der Waals surface area contributed by atoms with Gasteiger partial charge in [-0.1, -0.05) is 32.4 Å². The maximum Gasteiger partial charge on any atom is 0.356 e. The van der Waals surface area contributed by atoms with Crippen molar-refractivity contribution in [2.24, 2.45) is 0 Å². The monoisotopic (exact) mass is 446 g/mol. The van der Waals surface area contributed by atoms with Crippen molar-refractivity contribution in [3.8, 4) is 17.2 Å². The van der Waals surface area contributed by atoms with Crippen LogP contribution in [0.5, 0.6) is 11.5 Å². The van der Waals surface area contributed by atoms with Crippen molar-refractivity contribution in [3.05, 3.63) is 64.2 Å². The van der Waals surface area contributed by atoms with Gasteiger partial charge in [-0.25, -0.2) is 14.3 Å². The molecule has 0 saturated carbocycles. The molecule has 5 N–H and O–H groups in total. The molecular formula is C24H26N6O3. The van der Waals surface area contributed by atoms with Crippen molar-refractivity contribution in [2.75, 3.05) is 11.1 Å². The molecule has 0 fully saturated rings. The number of para-hydroxylation sites is 1. The van der Waals surface area contributed by atoms with Crippen LogP contribution in [0.15, 0.2) is 47.4 Å². The summed E-state index contributed by atoms with van der Waals surface area (Å²) in [6, 6.07) is 10.3. The van der Waals surface area contributed by atoms with Gasteiger partial charge in [0.25, 0.3) is 0 Å². The average molecular weight is 447 g/mol. The number of nitrogen functional groups attached to an aromatic ring is 1. The van der Waals surface area contributed by atoms with Crippen LogP contribution in [0, 0.1) is 0 Å². The lowest BCUT2D eigenvalue weighted by molar-refractivity contribution is 0.445. The minimum Gasteiger partial charge on any atom is -0.506 e. The first-order valence-corrected chi connectivity index (χ1v) is 10.9. The molecule has 2 aromatic carbocycles. The Morgan fingerprint density at radius 1 is 1.06 bits per heavy atom. The standard InChI is InChI=1S/C24H26N6O3/c1-3-5-7-15-10-11-16(12-14(15)4-2)27-23-26-13-17-21(25)30(24(33)29-22(17)28-23)20-18(31)8-6-9-19(20)32/h6,8-13,31-32H,3-5,7,25H2,1-2H3,(H,27,28,29,33). The Bertz CT molecular complexity index is 1360. The van der Waals surface area contributed by atoms with E-state index in [-0.39, 0.29) is 34.6 Å². The number of nitrogens with one attached hydrogen (secondary N) is 1. The molecule has 0 aliphatic carbocycles. The molecule has 2 aromatic heterocycles. The van der Waals surface area contributed by atoms with Crippen molar-refractivity contribution in [3.63, 3.8) is 0 Å². The number of unbranched alkanes of at least 4 members (excludes halogenated alkanes) is 1. The van der Waals surface area contributed by atoms with Gasteiger partial charge in [0.2, 0.25) is 5.95 Å². The number of benzene rings is 2.